The molecule has 0 aliphatic carbocycles. The Morgan fingerprint density at radius 1 is 1.06 bits per heavy atom. The maximum Gasteiger partial charge on any atom is 0.307 e. The van der Waals surface area contributed by atoms with Crippen LogP contribution in [0.2, 0.25) is 0 Å². The lowest BCUT2D eigenvalue weighted by Crippen LogP contribution is -2.31. The monoisotopic (exact) mass is 236 g/mol. The molecule has 1 aromatic rings. The predicted molar refractivity (Wildman–Crippen MR) is 62.7 cm³/mol. The van der Waals surface area contributed by atoms with Gasteiger partial charge < -0.3 is 10.2 Å². The first-order valence-electron chi connectivity index (χ1n) is 5.55. The normalized spacial score (nSPS) is 13.9. The standard InChI is InChI=1S/C13H16O4/c1-2-10(12(14)15)11(13(16)17)8-9-6-4-3-5-7-9/h3-7,10-11H,2,8H2,1H3,(H,14,15)(H,16,17). The van der Waals surface area contributed by atoms with E-state index in [0.29, 0.717) is 6.42 Å². The Kier molecular flexibility index (Phi) is 4.69. The third-order valence-electron chi connectivity index (χ3n) is 2.86. The van der Waals surface area contributed by atoms with Crippen LogP contribution < -0.4 is 0 Å². The van der Waals surface area contributed by atoms with Crippen LogP contribution in [0.4, 0.5) is 0 Å². The molecule has 92 valence electrons. The summed E-state index contributed by atoms with van der Waals surface area (Å²) < 4.78 is 0. The van der Waals surface area contributed by atoms with E-state index in [1.165, 1.54) is 0 Å². The first-order chi connectivity index (χ1) is 8.06. The summed E-state index contributed by atoms with van der Waals surface area (Å²) in [6.45, 7) is 1.69. The van der Waals surface area contributed by atoms with Gasteiger partial charge in [-0.05, 0) is 18.4 Å². The average Bonchev–Trinajstić information content (AvgIpc) is 2.29. The molecule has 0 fully saturated rings. The van der Waals surface area contributed by atoms with E-state index in [-0.39, 0.29) is 6.42 Å². The van der Waals surface area contributed by atoms with E-state index in [0.717, 1.165) is 5.56 Å². The summed E-state index contributed by atoms with van der Waals surface area (Å²) in [6, 6.07) is 9.09. The first kappa shape index (κ1) is 13.2. The fourth-order valence-electron chi connectivity index (χ4n) is 1.90. The zero-order chi connectivity index (χ0) is 12.8. The summed E-state index contributed by atoms with van der Waals surface area (Å²) in [5.41, 5.74) is 0.847. The SMILES string of the molecule is CCC(C(=O)O)C(Cc1ccccc1)C(=O)O. The van der Waals surface area contributed by atoms with Gasteiger partial charge >= 0.3 is 11.9 Å². The topological polar surface area (TPSA) is 74.6 Å². The van der Waals surface area contributed by atoms with Crippen molar-refractivity contribution < 1.29 is 19.8 Å². The number of aliphatic carboxylic acids is 2. The van der Waals surface area contributed by atoms with Gasteiger partial charge in [0.2, 0.25) is 0 Å². The van der Waals surface area contributed by atoms with Gasteiger partial charge in [0, 0.05) is 0 Å². The lowest BCUT2D eigenvalue weighted by atomic mass is 9.85. The second kappa shape index (κ2) is 6.03. The van der Waals surface area contributed by atoms with Gasteiger partial charge in [0.25, 0.3) is 0 Å². The Morgan fingerprint density at radius 2 is 1.59 bits per heavy atom. The van der Waals surface area contributed by atoms with Crippen LogP contribution in [0.5, 0.6) is 0 Å². The zero-order valence-corrected chi connectivity index (χ0v) is 9.67. The van der Waals surface area contributed by atoms with Crippen molar-refractivity contribution in [3.8, 4) is 0 Å². The van der Waals surface area contributed by atoms with Crippen LogP contribution in [0.3, 0.4) is 0 Å². The maximum atomic E-state index is 11.1. The number of hydrogen-bond donors (Lipinski definition) is 2. The zero-order valence-electron chi connectivity index (χ0n) is 9.67. The predicted octanol–water partition coefficient (Wildman–Crippen LogP) is 2.04. The minimum absolute atomic E-state index is 0.251. The maximum absolute atomic E-state index is 11.1. The lowest BCUT2D eigenvalue weighted by molar-refractivity contribution is -0.153. The van der Waals surface area contributed by atoms with Gasteiger partial charge in [-0.15, -0.1) is 0 Å². The van der Waals surface area contributed by atoms with Crippen molar-refractivity contribution >= 4 is 11.9 Å². The van der Waals surface area contributed by atoms with E-state index in [4.69, 9.17) is 10.2 Å². The van der Waals surface area contributed by atoms with Crippen molar-refractivity contribution in [1.82, 2.24) is 0 Å². The van der Waals surface area contributed by atoms with E-state index in [2.05, 4.69) is 0 Å². The molecular weight excluding hydrogens is 220 g/mol. The minimum Gasteiger partial charge on any atom is -0.481 e. The number of rotatable bonds is 6. The number of carbonyl (C=O) groups is 2. The molecule has 0 aliphatic heterocycles. The second-order valence-electron chi connectivity index (χ2n) is 3.99. The highest BCUT2D eigenvalue weighted by molar-refractivity contribution is 5.80. The summed E-state index contributed by atoms with van der Waals surface area (Å²) in [5, 5.41) is 18.1. The summed E-state index contributed by atoms with van der Waals surface area (Å²) >= 11 is 0. The van der Waals surface area contributed by atoms with E-state index in [9.17, 15) is 9.59 Å². The smallest absolute Gasteiger partial charge is 0.307 e. The molecular formula is C13H16O4. The van der Waals surface area contributed by atoms with Crippen molar-refractivity contribution in [2.45, 2.75) is 19.8 Å². The van der Waals surface area contributed by atoms with Crippen LogP contribution in [0.1, 0.15) is 18.9 Å². The molecule has 0 heterocycles. The van der Waals surface area contributed by atoms with E-state index >= 15 is 0 Å². The fourth-order valence-corrected chi connectivity index (χ4v) is 1.90. The number of carboxylic acid groups (broad SMARTS) is 2. The molecule has 0 radical (unpaired) electrons. The molecule has 0 aromatic heterocycles. The molecule has 4 nitrogen and oxygen atoms in total. The highest BCUT2D eigenvalue weighted by atomic mass is 16.4. The summed E-state index contributed by atoms with van der Waals surface area (Å²) in [7, 11) is 0. The number of benzene rings is 1. The highest BCUT2D eigenvalue weighted by Gasteiger charge is 2.32. The van der Waals surface area contributed by atoms with Crippen molar-refractivity contribution in [3.05, 3.63) is 35.9 Å². The fraction of sp³-hybridized carbons (Fsp3) is 0.385. The summed E-state index contributed by atoms with van der Waals surface area (Å²) in [4.78, 5) is 22.1. The second-order valence-corrected chi connectivity index (χ2v) is 3.99. The third kappa shape index (κ3) is 3.59. The van der Waals surface area contributed by atoms with Gasteiger partial charge in [-0.1, -0.05) is 37.3 Å². The highest BCUT2D eigenvalue weighted by Crippen LogP contribution is 2.21. The Balaban J connectivity index is 2.87. The molecule has 0 spiro atoms. The lowest BCUT2D eigenvalue weighted by Gasteiger charge is -2.18. The van der Waals surface area contributed by atoms with Gasteiger partial charge in [0.1, 0.15) is 0 Å². The van der Waals surface area contributed by atoms with Crippen molar-refractivity contribution in [3.63, 3.8) is 0 Å². The van der Waals surface area contributed by atoms with Gasteiger partial charge in [0.15, 0.2) is 0 Å². The molecule has 4 heteroatoms. The van der Waals surface area contributed by atoms with Gasteiger partial charge in [-0.3, -0.25) is 9.59 Å². The van der Waals surface area contributed by atoms with Gasteiger partial charge in [-0.25, -0.2) is 0 Å². The van der Waals surface area contributed by atoms with E-state index in [1.807, 2.05) is 30.3 Å². The Hall–Kier alpha value is -1.84. The molecule has 0 aliphatic rings. The van der Waals surface area contributed by atoms with Crippen LogP contribution in [0, 0.1) is 11.8 Å². The van der Waals surface area contributed by atoms with Crippen LogP contribution in [0.15, 0.2) is 30.3 Å². The summed E-state index contributed by atoms with van der Waals surface area (Å²) in [6.07, 6.45) is 0.570. The van der Waals surface area contributed by atoms with Crippen LogP contribution in [-0.2, 0) is 16.0 Å². The molecule has 1 aromatic carbocycles. The molecule has 2 unspecified atom stereocenters. The van der Waals surface area contributed by atoms with Gasteiger partial charge in [0.05, 0.1) is 11.8 Å². The molecule has 0 bridgehead atoms. The average molecular weight is 236 g/mol. The molecule has 0 amide bonds. The Labute approximate surface area is 99.9 Å². The minimum atomic E-state index is -1.05. The number of carboxylic acids is 2. The van der Waals surface area contributed by atoms with E-state index < -0.39 is 23.8 Å². The quantitative estimate of drug-likeness (QED) is 0.792. The molecule has 0 saturated heterocycles. The van der Waals surface area contributed by atoms with Crippen molar-refractivity contribution in [2.24, 2.45) is 11.8 Å². The van der Waals surface area contributed by atoms with Crippen LogP contribution in [-0.4, -0.2) is 22.2 Å². The van der Waals surface area contributed by atoms with Crippen LogP contribution >= 0.6 is 0 Å². The van der Waals surface area contributed by atoms with E-state index in [1.54, 1.807) is 6.92 Å². The molecule has 17 heavy (non-hydrogen) atoms. The Morgan fingerprint density at radius 3 is 2.00 bits per heavy atom. The largest absolute Gasteiger partial charge is 0.481 e. The molecule has 2 N–H and O–H groups in total. The van der Waals surface area contributed by atoms with Crippen molar-refractivity contribution in [1.29, 1.82) is 0 Å². The molecule has 2 atom stereocenters. The molecule has 1 rings (SSSR count). The Bertz CT molecular complexity index is 386. The van der Waals surface area contributed by atoms with Crippen molar-refractivity contribution in [2.75, 3.05) is 0 Å². The molecule has 0 saturated carbocycles. The first-order valence-corrected chi connectivity index (χ1v) is 5.55. The van der Waals surface area contributed by atoms with Gasteiger partial charge in [-0.2, -0.15) is 0 Å². The number of hydrogen-bond acceptors (Lipinski definition) is 2. The van der Waals surface area contributed by atoms with Crippen LogP contribution in [0.25, 0.3) is 0 Å². The third-order valence-corrected chi connectivity index (χ3v) is 2.86. The summed E-state index contributed by atoms with van der Waals surface area (Å²) in [5.74, 6) is -3.81.